The van der Waals surface area contributed by atoms with Crippen LogP contribution in [0.5, 0.6) is 11.5 Å². The molecule has 2 aromatic rings. The molecule has 1 aliphatic carbocycles. The van der Waals surface area contributed by atoms with Crippen molar-refractivity contribution in [3.05, 3.63) is 45.6 Å². The van der Waals surface area contributed by atoms with Gasteiger partial charge in [0.1, 0.15) is 13.2 Å². The molecule has 6 heteroatoms. The lowest BCUT2D eigenvalue weighted by molar-refractivity contribution is -0.123. The Bertz CT molecular complexity index is 905. The Hall–Kier alpha value is -2.05. The molecular weight excluding hydrogens is 396 g/mol. The second-order valence-corrected chi connectivity index (χ2v) is 9.86. The molecule has 160 valence electrons. The summed E-state index contributed by atoms with van der Waals surface area (Å²) >= 11 is 1.74. The summed E-state index contributed by atoms with van der Waals surface area (Å²) in [6.45, 7) is 5.52. The largest absolute Gasteiger partial charge is 0.486 e. The lowest BCUT2D eigenvalue weighted by atomic mass is 9.71. The maximum absolute atomic E-state index is 12.7. The molecule has 30 heavy (non-hydrogen) atoms. The van der Waals surface area contributed by atoms with E-state index in [1.807, 2.05) is 0 Å². The molecule has 1 aromatic carbocycles. The third kappa shape index (κ3) is 3.71. The van der Waals surface area contributed by atoms with E-state index < -0.39 is 0 Å². The van der Waals surface area contributed by atoms with E-state index in [9.17, 15) is 4.79 Å². The highest BCUT2D eigenvalue weighted by atomic mass is 32.1. The maximum Gasteiger partial charge on any atom is 0.234 e. The van der Waals surface area contributed by atoms with Crippen LogP contribution in [0.15, 0.2) is 29.6 Å². The quantitative estimate of drug-likeness (QED) is 0.783. The van der Waals surface area contributed by atoms with Crippen molar-refractivity contribution in [2.75, 3.05) is 32.8 Å². The van der Waals surface area contributed by atoms with Gasteiger partial charge in [0.15, 0.2) is 11.5 Å². The predicted molar refractivity (Wildman–Crippen MR) is 119 cm³/mol. The van der Waals surface area contributed by atoms with Crippen LogP contribution in [0.25, 0.3) is 0 Å². The molecule has 0 radical (unpaired) electrons. The fourth-order valence-electron chi connectivity index (χ4n) is 5.41. The van der Waals surface area contributed by atoms with Crippen LogP contribution in [0.2, 0.25) is 0 Å². The van der Waals surface area contributed by atoms with Crippen LogP contribution in [0, 0.1) is 0 Å². The van der Waals surface area contributed by atoms with Crippen molar-refractivity contribution < 1.29 is 14.3 Å². The average molecular weight is 427 g/mol. The van der Waals surface area contributed by atoms with Crippen molar-refractivity contribution in [2.24, 2.45) is 0 Å². The van der Waals surface area contributed by atoms with Gasteiger partial charge in [-0.1, -0.05) is 18.9 Å². The van der Waals surface area contributed by atoms with Gasteiger partial charge >= 0.3 is 0 Å². The summed E-state index contributed by atoms with van der Waals surface area (Å²) in [6, 6.07) is 8.78. The number of nitrogens with one attached hydrogen (secondary N) is 1. The minimum absolute atomic E-state index is 0.118. The van der Waals surface area contributed by atoms with E-state index in [4.69, 9.17) is 9.47 Å². The number of hydrogen-bond acceptors (Lipinski definition) is 5. The van der Waals surface area contributed by atoms with E-state index in [0.29, 0.717) is 26.3 Å². The van der Waals surface area contributed by atoms with E-state index in [1.165, 1.54) is 41.7 Å². The maximum atomic E-state index is 12.7. The first-order valence-corrected chi connectivity index (χ1v) is 12.0. The second-order valence-electron chi connectivity index (χ2n) is 8.83. The highest BCUT2D eigenvalue weighted by Gasteiger charge is 2.45. The molecule has 3 aliphatic rings. The van der Waals surface area contributed by atoms with Gasteiger partial charge in [-0.2, -0.15) is 0 Å². The molecule has 2 aliphatic heterocycles. The van der Waals surface area contributed by atoms with Crippen LogP contribution >= 0.6 is 11.3 Å². The van der Waals surface area contributed by atoms with Crippen molar-refractivity contribution in [3.8, 4) is 11.5 Å². The van der Waals surface area contributed by atoms with Gasteiger partial charge in [0.25, 0.3) is 0 Å². The summed E-state index contributed by atoms with van der Waals surface area (Å²) in [7, 11) is 0. The summed E-state index contributed by atoms with van der Waals surface area (Å²) in [5, 5.41) is 5.20. The molecule has 1 N–H and O–H groups in total. The standard InChI is InChI=1S/C24H30N2O3S/c1-17-19-13-21-22(29-11-10-28-21)14-20(19)24(7-2-3-8-24)16-26(17)15-23(27)25-9-6-18-5-4-12-30-18/h4-5,12-14,17H,2-3,6-11,15-16H2,1H3,(H,25,27). The van der Waals surface area contributed by atoms with E-state index in [-0.39, 0.29) is 17.4 Å². The molecule has 5 rings (SSSR count). The molecule has 1 spiro atoms. The van der Waals surface area contributed by atoms with Gasteiger partial charge in [-0.3, -0.25) is 9.69 Å². The number of carbonyl (C=O) groups is 1. The average Bonchev–Trinajstić information content (AvgIpc) is 3.44. The smallest absolute Gasteiger partial charge is 0.234 e. The third-order valence-electron chi connectivity index (χ3n) is 6.97. The van der Waals surface area contributed by atoms with Crippen LogP contribution in [0.3, 0.4) is 0 Å². The lowest BCUT2D eigenvalue weighted by Gasteiger charge is -2.46. The van der Waals surface area contributed by atoms with Gasteiger partial charge in [-0.15, -0.1) is 11.3 Å². The van der Waals surface area contributed by atoms with Gasteiger partial charge in [0.2, 0.25) is 5.91 Å². The zero-order valence-corrected chi connectivity index (χ0v) is 18.4. The minimum Gasteiger partial charge on any atom is -0.486 e. The Labute approximate surface area is 182 Å². The summed E-state index contributed by atoms with van der Waals surface area (Å²) in [6.07, 6.45) is 5.77. The molecule has 5 nitrogen and oxygen atoms in total. The van der Waals surface area contributed by atoms with Crippen molar-refractivity contribution in [2.45, 2.75) is 50.5 Å². The van der Waals surface area contributed by atoms with Crippen molar-refractivity contribution >= 4 is 17.2 Å². The summed E-state index contributed by atoms with van der Waals surface area (Å²) < 4.78 is 11.8. The van der Waals surface area contributed by atoms with Crippen LogP contribution in [0.1, 0.15) is 54.7 Å². The molecule has 1 atom stereocenters. The number of thiophene rings is 1. The molecule has 1 saturated carbocycles. The van der Waals surface area contributed by atoms with E-state index in [0.717, 1.165) is 24.5 Å². The Kier molecular flexibility index (Phi) is 5.46. The number of nitrogens with zero attached hydrogens (tertiary/aromatic N) is 1. The molecule has 1 fully saturated rings. The minimum atomic E-state index is 0.118. The highest BCUT2D eigenvalue weighted by Crippen LogP contribution is 2.51. The van der Waals surface area contributed by atoms with Crippen molar-refractivity contribution in [1.29, 1.82) is 0 Å². The van der Waals surface area contributed by atoms with Crippen LogP contribution < -0.4 is 14.8 Å². The first-order valence-electron chi connectivity index (χ1n) is 11.1. The van der Waals surface area contributed by atoms with Crippen molar-refractivity contribution in [1.82, 2.24) is 10.2 Å². The SMILES string of the molecule is CC1c2cc3c(cc2C2(CCCC2)CN1CC(=O)NCCc1cccs1)OCCO3. The first-order chi connectivity index (χ1) is 14.6. The Morgan fingerprint density at radius 1 is 1.23 bits per heavy atom. The topological polar surface area (TPSA) is 50.8 Å². The Morgan fingerprint density at radius 3 is 2.73 bits per heavy atom. The van der Waals surface area contributed by atoms with Gasteiger partial charge in [0.05, 0.1) is 6.54 Å². The summed E-state index contributed by atoms with van der Waals surface area (Å²) in [5.74, 6) is 1.85. The Morgan fingerprint density at radius 2 is 2.00 bits per heavy atom. The number of fused-ring (bicyclic) bond motifs is 3. The molecule has 1 aromatic heterocycles. The predicted octanol–water partition coefficient (Wildman–Crippen LogP) is 4.07. The highest BCUT2D eigenvalue weighted by molar-refractivity contribution is 7.09. The monoisotopic (exact) mass is 426 g/mol. The van der Waals surface area contributed by atoms with E-state index in [2.05, 4.69) is 46.8 Å². The van der Waals surface area contributed by atoms with Gasteiger partial charge in [-0.25, -0.2) is 0 Å². The van der Waals surface area contributed by atoms with E-state index >= 15 is 0 Å². The zero-order chi connectivity index (χ0) is 20.6. The molecule has 1 unspecified atom stereocenters. The molecule has 3 heterocycles. The van der Waals surface area contributed by atoms with Crippen LogP contribution in [0.4, 0.5) is 0 Å². The fraction of sp³-hybridized carbons (Fsp3) is 0.542. The number of carbonyl (C=O) groups excluding carboxylic acids is 1. The van der Waals surface area contributed by atoms with Gasteiger partial charge in [0, 0.05) is 29.4 Å². The molecule has 0 saturated heterocycles. The molecule has 0 bridgehead atoms. The van der Waals surface area contributed by atoms with Gasteiger partial charge < -0.3 is 14.8 Å². The van der Waals surface area contributed by atoms with Crippen LogP contribution in [-0.2, 0) is 16.6 Å². The number of amides is 1. The summed E-state index contributed by atoms with van der Waals surface area (Å²) in [4.78, 5) is 16.4. The fourth-order valence-corrected chi connectivity index (χ4v) is 6.12. The third-order valence-corrected chi connectivity index (χ3v) is 7.91. The van der Waals surface area contributed by atoms with Crippen molar-refractivity contribution in [3.63, 3.8) is 0 Å². The normalized spacial score (nSPS) is 22.1. The lowest BCUT2D eigenvalue weighted by Crippen LogP contribution is -2.49. The van der Waals surface area contributed by atoms with Gasteiger partial charge in [-0.05, 0) is 60.9 Å². The van der Waals surface area contributed by atoms with E-state index in [1.54, 1.807) is 11.3 Å². The number of benzene rings is 1. The molecule has 1 amide bonds. The first kappa shape index (κ1) is 19.9. The molecular formula is C24H30N2O3S. The number of hydrogen-bond donors (Lipinski definition) is 1. The number of ether oxygens (including phenoxy) is 2. The summed E-state index contributed by atoms with van der Waals surface area (Å²) in [5.41, 5.74) is 2.86. The van der Waals surface area contributed by atoms with Crippen LogP contribution in [-0.4, -0.2) is 43.7 Å². The number of rotatable bonds is 5. The zero-order valence-electron chi connectivity index (χ0n) is 17.6. The Balaban J connectivity index is 1.34. The second kappa shape index (κ2) is 8.23.